The molecule has 1 amide bonds. The fraction of sp³-hybridized carbons (Fsp3) is 0.483. The molecule has 0 heterocycles. The number of ketones is 1. The van der Waals surface area contributed by atoms with Gasteiger partial charge in [-0.25, -0.2) is 4.79 Å². The Morgan fingerprint density at radius 3 is 1.47 bits per heavy atom. The zero-order valence-electron chi connectivity index (χ0n) is 22.9. The van der Waals surface area contributed by atoms with Gasteiger partial charge in [0, 0.05) is 11.8 Å². The lowest BCUT2D eigenvalue weighted by molar-refractivity contribution is -0.142. The predicted molar refractivity (Wildman–Crippen MR) is 145 cm³/mol. The number of hydrogen-bond acceptors (Lipinski definition) is 5. The summed E-state index contributed by atoms with van der Waals surface area (Å²) in [5.41, 5.74) is 2.26. The van der Waals surface area contributed by atoms with Crippen molar-refractivity contribution in [1.82, 2.24) is 5.32 Å². The Kier molecular flexibility index (Phi) is 19.2. The minimum absolute atomic E-state index is 0.101. The minimum Gasteiger partial charge on any atom is -0.508 e. The van der Waals surface area contributed by atoms with Crippen molar-refractivity contribution >= 4 is 18.2 Å². The maximum Gasteiger partial charge on any atom is 0.326 e. The number of carboxylic acids is 1. The van der Waals surface area contributed by atoms with Gasteiger partial charge in [-0.05, 0) is 48.7 Å². The molecule has 0 fully saturated rings. The molecule has 0 saturated carbocycles. The van der Waals surface area contributed by atoms with Crippen molar-refractivity contribution in [3.8, 4) is 11.5 Å². The smallest absolute Gasteiger partial charge is 0.326 e. The number of benzene rings is 2. The third-order valence-corrected chi connectivity index (χ3v) is 4.82. The van der Waals surface area contributed by atoms with E-state index in [9.17, 15) is 24.6 Å². The van der Waals surface area contributed by atoms with Crippen LogP contribution in [0.15, 0.2) is 48.5 Å². The van der Waals surface area contributed by atoms with Gasteiger partial charge < -0.3 is 20.6 Å². The molecule has 7 nitrogen and oxygen atoms in total. The Morgan fingerprint density at radius 2 is 1.22 bits per heavy atom. The number of carboxylic acid groups (broad SMARTS) is 1. The van der Waals surface area contributed by atoms with Gasteiger partial charge in [-0.2, -0.15) is 0 Å². The van der Waals surface area contributed by atoms with E-state index in [1.165, 1.54) is 30.9 Å². The molecule has 36 heavy (non-hydrogen) atoms. The van der Waals surface area contributed by atoms with E-state index in [4.69, 9.17) is 5.11 Å². The van der Waals surface area contributed by atoms with Crippen LogP contribution in [0.2, 0.25) is 0 Å². The van der Waals surface area contributed by atoms with Gasteiger partial charge in [0.05, 0.1) is 0 Å². The normalized spacial score (nSPS) is 10.6. The lowest BCUT2D eigenvalue weighted by atomic mass is 9.73. The Morgan fingerprint density at radius 1 is 0.861 bits per heavy atom. The highest BCUT2D eigenvalue weighted by Crippen LogP contribution is 2.37. The van der Waals surface area contributed by atoms with Gasteiger partial charge in [-0.3, -0.25) is 9.59 Å². The molecule has 0 aliphatic heterocycles. The van der Waals surface area contributed by atoms with Crippen LogP contribution in [0.3, 0.4) is 0 Å². The molecule has 0 spiro atoms. The summed E-state index contributed by atoms with van der Waals surface area (Å²) in [4.78, 5) is 30.5. The summed E-state index contributed by atoms with van der Waals surface area (Å²) in [5.74, 6) is -0.902. The molecule has 7 heteroatoms. The Labute approximate surface area is 216 Å². The maximum absolute atomic E-state index is 10.4. The summed E-state index contributed by atoms with van der Waals surface area (Å²) < 4.78 is 0. The molecule has 202 valence electrons. The summed E-state index contributed by atoms with van der Waals surface area (Å²) >= 11 is 0. The third kappa shape index (κ3) is 14.1. The predicted octanol–water partition coefficient (Wildman–Crippen LogP) is 6.20. The van der Waals surface area contributed by atoms with E-state index >= 15 is 0 Å². The second-order valence-corrected chi connectivity index (χ2v) is 8.67. The molecule has 0 aliphatic rings. The summed E-state index contributed by atoms with van der Waals surface area (Å²) in [6.45, 7) is 14.1. The van der Waals surface area contributed by atoms with E-state index in [0.29, 0.717) is 0 Å². The van der Waals surface area contributed by atoms with Gasteiger partial charge in [0.1, 0.15) is 23.3 Å². The SMILES string of the molecule is CC(=O)CC(NC=O)C(=O)O.CCC.CCC.CCCC(C)(c1ccc(O)cc1)c1ccc(O)cc1. The number of aliphatic carboxylic acids is 1. The summed E-state index contributed by atoms with van der Waals surface area (Å²) in [5, 5.41) is 29.2. The topological polar surface area (TPSA) is 124 Å². The average molecular weight is 504 g/mol. The van der Waals surface area contributed by atoms with E-state index < -0.39 is 12.0 Å². The van der Waals surface area contributed by atoms with Crippen molar-refractivity contribution in [2.24, 2.45) is 0 Å². The molecule has 0 aromatic heterocycles. The molecule has 0 bridgehead atoms. The molecule has 0 aliphatic carbocycles. The zero-order chi connectivity index (χ0) is 28.1. The van der Waals surface area contributed by atoms with E-state index in [2.05, 4.69) is 41.5 Å². The first-order valence-electron chi connectivity index (χ1n) is 12.5. The number of carbonyl (C=O) groups is 3. The second-order valence-electron chi connectivity index (χ2n) is 8.67. The second kappa shape index (κ2) is 19.9. The molecular weight excluding hydrogens is 458 g/mol. The number of hydrogen-bond donors (Lipinski definition) is 4. The highest BCUT2D eigenvalue weighted by atomic mass is 16.4. The molecule has 2 aromatic rings. The lowest BCUT2D eigenvalue weighted by Crippen LogP contribution is -2.37. The number of phenolic OH excluding ortho intramolecular Hbond substituents is 2. The van der Waals surface area contributed by atoms with E-state index in [1.54, 1.807) is 24.3 Å². The van der Waals surface area contributed by atoms with E-state index in [-0.39, 0.29) is 35.5 Å². The van der Waals surface area contributed by atoms with Crippen LogP contribution >= 0.6 is 0 Å². The van der Waals surface area contributed by atoms with Crippen LogP contribution in [0.25, 0.3) is 0 Å². The number of nitrogens with one attached hydrogen (secondary N) is 1. The summed E-state index contributed by atoms with van der Waals surface area (Å²) in [7, 11) is 0. The number of Topliss-reactive ketones (excluding diaryl/α,β-unsaturated/α-hetero) is 1. The van der Waals surface area contributed by atoms with Gasteiger partial charge >= 0.3 is 5.97 Å². The number of aromatic hydroxyl groups is 2. The molecule has 0 radical (unpaired) electrons. The Hall–Kier alpha value is -3.35. The first kappa shape index (κ1) is 34.8. The van der Waals surface area contributed by atoms with Gasteiger partial charge in [0.2, 0.25) is 6.41 Å². The van der Waals surface area contributed by atoms with Crippen molar-refractivity contribution in [3.63, 3.8) is 0 Å². The number of amides is 1. The Balaban J connectivity index is 0. The van der Waals surface area contributed by atoms with Crippen LogP contribution in [0.1, 0.15) is 91.7 Å². The van der Waals surface area contributed by atoms with E-state index in [1.807, 2.05) is 29.6 Å². The van der Waals surface area contributed by atoms with Crippen LogP contribution in [0.5, 0.6) is 11.5 Å². The van der Waals surface area contributed by atoms with Gasteiger partial charge in [0.25, 0.3) is 0 Å². The van der Waals surface area contributed by atoms with E-state index in [0.717, 1.165) is 12.8 Å². The monoisotopic (exact) mass is 503 g/mol. The molecule has 1 unspecified atom stereocenters. The fourth-order valence-electron chi connectivity index (χ4n) is 3.20. The molecule has 0 saturated heterocycles. The zero-order valence-corrected chi connectivity index (χ0v) is 22.9. The van der Waals surface area contributed by atoms with Gasteiger partial charge in [0.15, 0.2) is 0 Å². The molecule has 1 atom stereocenters. The van der Waals surface area contributed by atoms with Crippen molar-refractivity contribution in [2.75, 3.05) is 0 Å². The van der Waals surface area contributed by atoms with Crippen molar-refractivity contribution in [2.45, 2.75) is 92.0 Å². The minimum atomic E-state index is -1.20. The van der Waals surface area contributed by atoms with Crippen LogP contribution in [-0.4, -0.2) is 39.5 Å². The van der Waals surface area contributed by atoms with Crippen molar-refractivity contribution in [3.05, 3.63) is 59.7 Å². The summed E-state index contributed by atoms with van der Waals surface area (Å²) in [6, 6.07) is 13.7. The van der Waals surface area contributed by atoms with Gasteiger partial charge in [-0.15, -0.1) is 0 Å². The molecule has 2 rings (SSSR count). The lowest BCUT2D eigenvalue weighted by Gasteiger charge is -2.31. The number of phenols is 2. The summed E-state index contributed by atoms with van der Waals surface area (Å²) in [6.07, 6.45) is 4.68. The van der Waals surface area contributed by atoms with Crippen LogP contribution in [-0.2, 0) is 19.8 Å². The number of rotatable bonds is 9. The fourth-order valence-corrected chi connectivity index (χ4v) is 3.20. The van der Waals surface area contributed by atoms with Crippen LogP contribution < -0.4 is 5.32 Å². The van der Waals surface area contributed by atoms with Gasteiger partial charge in [-0.1, -0.05) is 85.1 Å². The average Bonchev–Trinajstić information content (AvgIpc) is 2.81. The molecular formula is C29H45NO6. The largest absolute Gasteiger partial charge is 0.508 e. The van der Waals surface area contributed by atoms with Crippen LogP contribution in [0.4, 0.5) is 0 Å². The van der Waals surface area contributed by atoms with Crippen molar-refractivity contribution in [1.29, 1.82) is 0 Å². The van der Waals surface area contributed by atoms with Crippen LogP contribution in [0, 0.1) is 0 Å². The molecule has 2 aromatic carbocycles. The number of carbonyl (C=O) groups excluding carboxylic acids is 2. The highest BCUT2D eigenvalue weighted by molar-refractivity contribution is 5.85. The maximum atomic E-state index is 10.4. The Bertz CT molecular complexity index is 815. The standard InChI is InChI=1S/C17H20O2.C6H9NO4.2C3H8/c1-3-12-17(2,13-4-8-15(18)9-5-13)14-6-10-16(19)11-7-14;1-4(9)2-5(6(10)11)7-3-8;2*1-3-2/h4-11,18-19H,3,12H2,1-2H3;3,5H,2H2,1H3,(H,7,8)(H,10,11);2*3H2,1-2H3. The first-order chi connectivity index (χ1) is 17.0. The quantitative estimate of drug-likeness (QED) is 0.302. The highest BCUT2D eigenvalue weighted by Gasteiger charge is 2.27. The van der Waals surface area contributed by atoms with Crippen molar-refractivity contribution < 1.29 is 29.7 Å². The third-order valence-electron chi connectivity index (χ3n) is 4.82. The first-order valence-corrected chi connectivity index (χ1v) is 12.5. The molecule has 4 N–H and O–H groups in total.